The first kappa shape index (κ1) is 15.7. The molecule has 4 nitrogen and oxygen atoms in total. The third kappa shape index (κ3) is 3.79. The molecule has 1 aliphatic heterocycles. The van der Waals surface area contributed by atoms with Crippen molar-refractivity contribution in [3.8, 4) is 0 Å². The van der Waals surface area contributed by atoms with Crippen LogP contribution in [0.2, 0.25) is 5.02 Å². The second-order valence-electron chi connectivity index (χ2n) is 5.57. The van der Waals surface area contributed by atoms with Crippen LogP contribution in [-0.4, -0.2) is 28.9 Å². The predicted molar refractivity (Wildman–Crippen MR) is 88.7 cm³/mol. The number of aromatic nitrogens is 1. The number of anilines is 2. The van der Waals surface area contributed by atoms with Crippen molar-refractivity contribution < 1.29 is 9.18 Å². The molecular formula is C17H17ClFN3O. The van der Waals surface area contributed by atoms with E-state index >= 15 is 0 Å². The molecule has 23 heavy (non-hydrogen) atoms. The van der Waals surface area contributed by atoms with Crippen LogP contribution in [0, 0.1) is 5.82 Å². The molecule has 1 saturated heterocycles. The summed E-state index contributed by atoms with van der Waals surface area (Å²) >= 11 is 5.77. The number of rotatable bonds is 3. The molecule has 0 atom stereocenters. The molecule has 2 heterocycles. The molecule has 6 heteroatoms. The lowest BCUT2D eigenvalue weighted by atomic mass is 10.1. The second kappa shape index (κ2) is 6.96. The van der Waals surface area contributed by atoms with Gasteiger partial charge in [0.25, 0.3) is 5.91 Å². The maximum atomic E-state index is 13.2. The molecule has 1 aromatic heterocycles. The third-order valence-electron chi connectivity index (χ3n) is 3.84. The van der Waals surface area contributed by atoms with Crippen molar-refractivity contribution in [2.24, 2.45) is 0 Å². The van der Waals surface area contributed by atoms with Crippen molar-refractivity contribution in [2.75, 3.05) is 18.4 Å². The van der Waals surface area contributed by atoms with Gasteiger partial charge in [0, 0.05) is 25.0 Å². The SMILES string of the molecule is O=C(c1cncc(Nc2ccc(F)c(Cl)c2)c1)N1CCCCC1. The van der Waals surface area contributed by atoms with Crippen molar-refractivity contribution in [1.29, 1.82) is 0 Å². The first-order chi connectivity index (χ1) is 11.1. The summed E-state index contributed by atoms with van der Waals surface area (Å²) in [6.45, 7) is 1.59. The van der Waals surface area contributed by atoms with E-state index < -0.39 is 5.82 Å². The van der Waals surface area contributed by atoms with Gasteiger partial charge >= 0.3 is 0 Å². The standard InChI is InChI=1S/C17H17ClFN3O/c18-15-9-13(4-5-16(15)19)21-14-8-12(10-20-11-14)17(23)22-6-2-1-3-7-22/h4-5,8-11,21H,1-3,6-7H2. The average Bonchev–Trinajstić information content (AvgIpc) is 2.58. The molecule has 1 aromatic carbocycles. The Kier molecular flexibility index (Phi) is 4.76. The van der Waals surface area contributed by atoms with Crippen molar-refractivity contribution in [3.05, 3.63) is 53.1 Å². The van der Waals surface area contributed by atoms with Crippen LogP contribution in [0.3, 0.4) is 0 Å². The molecule has 120 valence electrons. The van der Waals surface area contributed by atoms with Crippen LogP contribution in [0.15, 0.2) is 36.7 Å². The van der Waals surface area contributed by atoms with Crippen LogP contribution in [0.4, 0.5) is 15.8 Å². The lowest BCUT2D eigenvalue weighted by Gasteiger charge is -2.26. The quantitative estimate of drug-likeness (QED) is 0.913. The molecule has 1 amide bonds. The molecule has 0 unspecified atom stereocenters. The van der Waals surface area contributed by atoms with E-state index in [2.05, 4.69) is 10.3 Å². The Labute approximate surface area is 139 Å². The van der Waals surface area contributed by atoms with Gasteiger partial charge in [0.2, 0.25) is 0 Å². The van der Waals surface area contributed by atoms with Gasteiger partial charge in [0.05, 0.1) is 22.5 Å². The Bertz CT molecular complexity index is 717. The van der Waals surface area contributed by atoms with E-state index in [1.807, 2.05) is 4.90 Å². The van der Waals surface area contributed by atoms with E-state index in [-0.39, 0.29) is 10.9 Å². The van der Waals surface area contributed by atoms with Gasteiger partial charge in [-0.3, -0.25) is 9.78 Å². The van der Waals surface area contributed by atoms with Gasteiger partial charge in [-0.05, 0) is 43.5 Å². The lowest BCUT2D eigenvalue weighted by molar-refractivity contribution is 0.0724. The lowest BCUT2D eigenvalue weighted by Crippen LogP contribution is -2.35. The highest BCUT2D eigenvalue weighted by Gasteiger charge is 2.18. The average molecular weight is 334 g/mol. The Hall–Kier alpha value is -2.14. The number of halogens is 2. The number of carbonyl (C=O) groups is 1. The number of nitrogens with zero attached hydrogens (tertiary/aromatic N) is 2. The second-order valence-corrected chi connectivity index (χ2v) is 5.98. The molecule has 0 bridgehead atoms. The Morgan fingerprint density at radius 1 is 1.13 bits per heavy atom. The Balaban J connectivity index is 1.76. The number of carbonyl (C=O) groups excluding carboxylic acids is 1. The van der Waals surface area contributed by atoms with Gasteiger partial charge in [-0.15, -0.1) is 0 Å². The molecule has 1 N–H and O–H groups in total. The summed E-state index contributed by atoms with van der Waals surface area (Å²) in [5.41, 5.74) is 1.85. The topological polar surface area (TPSA) is 45.2 Å². The Morgan fingerprint density at radius 2 is 1.91 bits per heavy atom. The first-order valence-electron chi connectivity index (χ1n) is 7.60. The summed E-state index contributed by atoms with van der Waals surface area (Å²) in [6, 6.07) is 6.12. The van der Waals surface area contributed by atoms with Gasteiger partial charge < -0.3 is 10.2 Å². The summed E-state index contributed by atoms with van der Waals surface area (Å²) in [5, 5.41) is 3.13. The molecular weight excluding hydrogens is 317 g/mol. The Morgan fingerprint density at radius 3 is 2.65 bits per heavy atom. The molecule has 0 spiro atoms. The summed E-state index contributed by atoms with van der Waals surface area (Å²) in [7, 11) is 0. The first-order valence-corrected chi connectivity index (χ1v) is 7.98. The van der Waals surface area contributed by atoms with Crippen LogP contribution >= 0.6 is 11.6 Å². The molecule has 1 aliphatic rings. The largest absolute Gasteiger partial charge is 0.354 e. The number of nitrogens with one attached hydrogen (secondary N) is 1. The van der Waals surface area contributed by atoms with Crippen LogP contribution in [0.1, 0.15) is 29.6 Å². The number of piperidine rings is 1. The van der Waals surface area contributed by atoms with Crippen LogP contribution < -0.4 is 5.32 Å². The summed E-state index contributed by atoms with van der Waals surface area (Å²) in [6.07, 6.45) is 6.45. The van der Waals surface area contributed by atoms with Crippen molar-refractivity contribution in [2.45, 2.75) is 19.3 Å². The number of hydrogen-bond donors (Lipinski definition) is 1. The van der Waals surface area contributed by atoms with Gasteiger partial charge in [0.15, 0.2) is 0 Å². The highest BCUT2D eigenvalue weighted by molar-refractivity contribution is 6.31. The minimum Gasteiger partial charge on any atom is -0.354 e. The normalized spacial score (nSPS) is 14.6. The van der Waals surface area contributed by atoms with E-state index in [0.29, 0.717) is 16.9 Å². The molecule has 2 aromatic rings. The zero-order chi connectivity index (χ0) is 16.2. The summed E-state index contributed by atoms with van der Waals surface area (Å²) in [5.74, 6) is -0.470. The number of benzene rings is 1. The molecule has 0 radical (unpaired) electrons. The van der Waals surface area contributed by atoms with Gasteiger partial charge in [0.1, 0.15) is 5.82 Å². The van der Waals surface area contributed by atoms with E-state index in [1.165, 1.54) is 18.6 Å². The fourth-order valence-corrected chi connectivity index (χ4v) is 2.83. The zero-order valence-electron chi connectivity index (χ0n) is 12.6. The maximum Gasteiger partial charge on any atom is 0.255 e. The molecule has 3 rings (SSSR count). The minimum absolute atomic E-state index is 0.00186. The van der Waals surface area contributed by atoms with Gasteiger partial charge in [-0.25, -0.2) is 4.39 Å². The van der Waals surface area contributed by atoms with E-state index in [9.17, 15) is 9.18 Å². The van der Waals surface area contributed by atoms with E-state index in [1.54, 1.807) is 24.5 Å². The smallest absolute Gasteiger partial charge is 0.255 e. The monoisotopic (exact) mass is 333 g/mol. The highest BCUT2D eigenvalue weighted by Crippen LogP contribution is 2.23. The number of hydrogen-bond acceptors (Lipinski definition) is 3. The molecule has 0 aliphatic carbocycles. The van der Waals surface area contributed by atoms with Crippen molar-refractivity contribution in [1.82, 2.24) is 9.88 Å². The van der Waals surface area contributed by atoms with E-state index in [4.69, 9.17) is 11.6 Å². The fraction of sp³-hybridized carbons (Fsp3) is 0.294. The van der Waals surface area contributed by atoms with E-state index in [0.717, 1.165) is 25.9 Å². The predicted octanol–water partition coefficient (Wildman–Crippen LogP) is 4.24. The summed E-state index contributed by atoms with van der Waals surface area (Å²) in [4.78, 5) is 18.5. The van der Waals surface area contributed by atoms with Gasteiger partial charge in [-0.1, -0.05) is 11.6 Å². The zero-order valence-corrected chi connectivity index (χ0v) is 13.3. The van der Waals surface area contributed by atoms with Crippen molar-refractivity contribution >= 4 is 28.9 Å². The van der Waals surface area contributed by atoms with Gasteiger partial charge in [-0.2, -0.15) is 0 Å². The maximum absolute atomic E-state index is 13.2. The highest BCUT2D eigenvalue weighted by atomic mass is 35.5. The fourth-order valence-electron chi connectivity index (χ4n) is 2.65. The van der Waals surface area contributed by atoms with Crippen LogP contribution in [-0.2, 0) is 0 Å². The molecule has 1 fully saturated rings. The molecule has 0 saturated carbocycles. The van der Waals surface area contributed by atoms with Crippen LogP contribution in [0.5, 0.6) is 0 Å². The third-order valence-corrected chi connectivity index (χ3v) is 4.13. The van der Waals surface area contributed by atoms with Crippen molar-refractivity contribution in [3.63, 3.8) is 0 Å². The van der Waals surface area contributed by atoms with Crippen LogP contribution in [0.25, 0.3) is 0 Å². The summed E-state index contributed by atoms with van der Waals surface area (Å²) < 4.78 is 13.2. The number of likely N-dealkylation sites (tertiary alicyclic amines) is 1. The number of amides is 1. The number of pyridine rings is 1. The minimum atomic E-state index is -0.468.